The van der Waals surface area contributed by atoms with E-state index in [-0.39, 0.29) is 12.4 Å². The zero-order valence-electron chi connectivity index (χ0n) is 11.3. The first-order valence-electron chi connectivity index (χ1n) is 6.15. The van der Waals surface area contributed by atoms with Crippen LogP contribution in [0.5, 0.6) is 0 Å². The third-order valence-corrected chi connectivity index (χ3v) is 2.98. The molecular weight excluding hydrogens is 258 g/mol. The summed E-state index contributed by atoms with van der Waals surface area (Å²) < 4.78 is 0. The zero-order chi connectivity index (χ0) is 13.0. The molecule has 19 heavy (non-hydrogen) atoms. The van der Waals surface area contributed by atoms with E-state index in [9.17, 15) is 0 Å². The lowest BCUT2D eigenvalue weighted by Gasteiger charge is -2.18. The van der Waals surface area contributed by atoms with Gasteiger partial charge in [-0.25, -0.2) is 5.84 Å². The van der Waals surface area contributed by atoms with Crippen molar-refractivity contribution in [2.45, 2.75) is 20.3 Å². The topological polar surface area (TPSA) is 42.1 Å². The molecule has 0 radical (unpaired) electrons. The molecule has 1 aromatic heterocycles. The molecule has 4 heteroatoms. The quantitative estimate of drug-likeness (QED) is 0.690. The molecule has 0 bridgehead atoms. The number of aromatic nitrogens is 1. The molecule has 0 amide bonds. The Balaban J connectivity index is 0.00000180. The number of hydrogen-bond donors (Lipinski definition) is 1. The van der Waals surface area contributed by atoms with Crippen LogP contribution < -0.4 is 10.9 Å². The molecule has 0 atom stereocenters. The highest BCUT2D eigenvalue weighted by atomic mass is 35.5. The Morgan fingerprint density at radius 3 is 2.32 bits per heavy atom. The minimum Gasteiger partial charge on any atom is -0.311 e. The van der Waals surface area contributed by atoms with Crippen LogP contribution in [0.15, 0.2) is 42.6 Å². The van der Waals surface area contributed by atoms with Gasteiger partial charge in [0.05, 0.1) is 5.69 Å². The lowest BCUT2D eigenvalue weighted by atomic mass is 10.2. The van der Waals surface area contributed by atoms with Crippen molar-refractivity contribution in [1.82, 2.24) is 4.98 Å². The van der Waals surface area contributed by atoms with Crippen LogP contribution in [-0.4, -0.2) is 11.5 Å². The molecule has 0 aliphatic carbocycles. The average Bonchev–Trinajstić information content (AvgIpc) is 2.38. The molecule has 0 fully saturated rings. The van der Waals surface area contributed by atoms with Gasteiger partial charge in [-0.05, 0) is 44.0 Å². The molecule has 2 rings (SSSR count). The Hall–Kier alpha value is -1.58. The van der Waals surface area contributed by atoms with Gasteiger partial charge in [-0.15, -0.1) is 12.4 Å². The molecule has 2 N–H and O–H groups in total. The number of hydrogen-bond acceptors (Lipinski definition) is 3. The predicted octanol–water partition coefficient (Wildman–Crippen LogP) is 3.04. The number of rotatable bonds is 4. The molecule has 3 nitrogen and oxygen atoms in total. The van der Waals surface area contributed by atoms with Gasteiger partial charge in [-0.3, -0.25) is 4.98 Å². The molecular formula is C15H20ClN3. The van der Waals surface area contributed by atoms with Crippen LogP contribution in [0.2, 0.25) is 0 Å². The second-order valence-electron chi connectivity index (χ2n) is 4.59. The van der Waals surface area contributed by atoms with Crippen LogP contribution in [-0.2, 0) is 6.42 Å². The van der Waals surface area contributed by atoms with Gasteiger partial charge in [0.1, 0.15) is 0 Å². The summed E-state index contributed by atoms with van der Waals surface area (Å²) in [5.74, 6) is 6.04. The largest absolute Gasteiger partial charge is 0.311 e. The Kier molecular flexibility index (Phi) is 5.80. The van der Waals surface area contributed by atoms with Gasteiger partial charge in [0.15, 0.2) is 0 Å². The van der Waals surface area contributed by atoms with E-state index in [1.165, 1.54) is 11.1 Å². The summed E-state index contributed by atoms with van der Waals surface area (Å²) in [5, 5.41) is 1.78. The summed E-state index contributed by atoms with van der Waals surface area (Å²) in [6, 6.07) is 12.4. The molecule has 0 unspecified atom stereocenters. The number of nitrogens with zero attached hydrogens (tertiary/aromatic N) is 2. The van der Waals surface area contributed by atoms with Crippen molar-refractivity contribution in [2.75, 3.05) is 11.6 Å². The summed E-state index contributed by atoms with van der Waals surface area (Å²) in [7, 11) is 0. The maximum absolute atomic E-state index is 6.04. The van der Waals surface area contributed by atoms with E-state index in [0.717, 1.165) is 24.3 Å². The second kappa shape index (κ2) is 7.12. The van der Waals surface area contributed by atoms with Crippen LogP contribution in [0.25, 0.3) is 0 Å². The summed E-state index contributed by atoms with van der Waals surface area (Å²) in [4.78, 5) is 4.28. The van der Waals surface area contributed by atoms with Gasteiger partial charge in [0, 0.05) is 18.4 Å². The third-order valence-electron chi connectivity index (χ3n) is 2.98. The first-order valence-corrected chi connectivity index (χ1v) is 6.15. The van der Waals surface area contributed by atoms with Crippen molar-refractivity contribution in [2.24, 2.45) is 5.84 Å². The van der Waals surface area contributed by atoms with Gasteiger partial charge < -0.3 is 5.01 Å². The average molecular weight is 278 g/mol. The van der Waals surface area contributed by atoms with E-state index >= 15 is 0 Å². The van der Waals surface area contributed by atoms with Gasteiger partial charge in [-0.2, -0.15) is 0 Å². The smallest absolute Gasteiger partial charge is 0.0517 e. The molecule has 0 aliphatic rings. The molecule has 0 saturated heterocycles. The lowest BCUT2D eigenvalue weighted by molar-refractivity contribution is 0.820. The standard InChI is InChI=1S/C15H19N3.ClH/c1-12-3-7-15(8-4-12)18(16)10-9-14-6-5-13(2)17-11-14;/h3-8,11H,9-10,16H2,1-2H3;1H. The number of aryl methyl sites for hydroxylation is 2. The molecule has 0 spiro atoms. The maximum Gasteiger partial charge on any atom is 0.0517 e. The Labute approximate surface area is 120 Å². The third kappa shape index (κ3) is 4.54. The lowest BCUT2D eigenvalue weighted by Crippen LogP contribution is -2.32. The SMILES string of the molecule is Cc1ccc(N(N)CCc2ccc(C)nc2)cc1.Cl. The van der Waals surface area contributed by atoms with Crippen molar-refractivity contribution in [3.63, 3.8) is 0 Å². The highest BCUT2D eigenvalue weighted by molar-refractivity contribution is 5.85. The number of pyridine rings is 1. The van der Waals surface area contributed by atoms with Crippen LogP contribution in [0, 0.1) is 13.8 Å². The summed E-state index contributed by atoms with van der Waals surface area (Å²) in [5.41, 5.74) is 4.54. The normalized spacial score (nSPS) is 9.84. The van der Waals surface area contributed by atoms with E-state index < -0.39 is 0 Å². The molecule has 0 saturated carbocycles. The zero-order valence-corrected chi connectivity index (χ0v) is 12.2. The molecule has 102 valence electrons. The Morgan fingerprint density at radius 1 is 1.05 bits per heavy atom. The fourth-order valence-corrected chi connectivity index (χ4v) is 1.76. The molecule has 2 aromatic rings. The van der Waals surface area contributed by atoms with Crippen molar-refractivity contribution in [3.8, 4) is 0 Å². The predicted molar refractivity (Wildman–Crippen MR) is 82.6 cm³/mol. The summed E-state index contributed by atoms with van der Waals surface area (Å²) in [6.45, 7) is 4.85. The number of benzene rings is 1. The van der Waals surface area contributed by atoms with Crippen molar-refractivity contribution >= 4 is 18.1 Å². The van der Waals surface area contributed by atoms with Crippen LogP contribution in [0.4, 0.5) is 5.69 Å². The highest BCUT2D eigenvalue weighted by Crippen LogP contribution is 2.12. The molecule has 0 aliphatic heterocycles. The summed E-state index contributed by atoms with van der Waals surface area (Å²) in [6.07, 6.45) is 2.82. The van der Waals surface area contributed by atoms with E-state index in [1.807, 2.05) is 31.3 Å². The van der Waals surface area contributed by atoms with Gasteiger partial charge in [0.2, 0.25) is 0 Å². The number of hydrazine groups is 1. The first-order chi connectivity index (χ1) is 8.65. The Bertz CT molecular complexity index is 494. The highest BCUT2D eigenvalue weighted by Gasteiger charge is 2.02. The van der Waals surface area contributed by atoms with Crippen molar-refractivity contribution in [1.29, 1.82) is 0 Å². The van der Waals surface area contributed by atoms with E-state index in [4.69, 9.17) is 5.84 Å². The minimum absolute atomic E-state index is 0. The van der Waals surface area contributed by atoms with Crippen molar-refractivity contribution in [3.05, 3.63) is 59.4 Å². The first kappa shape index (κ1) is 15.5. The number of anilines is 1. The second-order valence-corrected chi connectivity index (χ2v) is 4.59. The maximum atomic E-state index is 6.04. The monoisotopic (exact) mass is 277 g/mol. The van der Waals surface area contributed by atoms with E-state index in [0.29, 0.717) is 0 Å². The molecule has 1 heterocycles. The van der Waals surface area contributed by atoms with Crippen LogP contribution >= 0.6 is 12.4 Å². The van der Waals surface area contributed by atoms with Crippen molar-refractivity contribution < 1.29 is 0 Å². The fraction of sp³-hybridized carbons (Fsp3) is 0.267. The van der Waals surface area contributed by atoms with Gasteiger partial charge in [0.25, 0.3) is 0 Å². The minimum atomic E-state index is 0. The van der Waals surface area contributed by atoms with Crippen LogP contribution in [0.1, 0.15) is 16.8 Å². The van der Waals surface area contributed by atoms with Gasteiger partial charge >= 0.3 is 0 Å². The Morgan fingerprint density at radius 2 is 1.74 bits per heavy atom. The van der Waals surface area contributed by atoms with E-state index in [2.05, 4.69) is 30.1 Å². The van der Waals surface area contributed by atoms with Crippen LogP contribution in [0.3, 0.4) is 0 Å². The van der Waals surface area contributed by atoms with E-state index in [1.54, 1.807) is 5.01 Å². The van der Waals surface area contributed by atoms with Gasteiger partial charge in [-0.1, -0.05) is 23.8 Å². The number of nitrogens with two attached hydrogens (primary N) is 1. The fourth-order valence-electron chi connectivity index (χ4n) is 1.76. The summed E-state index contributed by atoms with van der Waals surface area (Å²) >= 11 is 0. The number of halogens is 1. The molecule has 1 aromatic carbocycles.